The number of hydrogen-bond donors (Lipinski definition) is 1. The van der Waals surface area contributed by atoms with Crippen molar-refractivity contribution in [1.29, 1.82) is 0 Å². The molecule has 0 saturated carbocycles. The van der Waals surface area contributed by atoms with E-state index >= 15 is 0 Å². The van der Waals surface area contributed by atoms with E-state index in [2.05, 4.69) is 20.9 Å². The quantitative estimate of drug-likeness (QED) is 0.496. The van der Waals surface area contributed by atoms with Gasteiger partial charge in [0.1, 0.15) is 10.9 Å². The third-order valence-electron chi connectivity index (χ3n) is 3.46. The summed E-state index contributed by atoms with van der Waals surface area (Å²) in [7, 11) is 0. The highest BCUT2D eigenvalue weighted by Gasteiger charge is 2.21. The molecule has 0 aliphatic carbocycles. The van der Waals surface area contributed by atoms with Crippen LogP contribution in [0.25, 0.3) is 22.6 Å². The first-order valence-corrected chi connectivity index (χ1v) is 9.41. The SMILES string of the molecule is CC(Sc1nc(-c2ccc(Cl)cc2)c(-c2ccc(Br)cc2)o1)C(=O)O. The van der Waals surface area contributed by atoms with Gasteiger partial charge in [-0.15, -0.1) is 0 Å². The van der Waals surface area contributed by atoms with Crippen LogP contribution in [0.2, 0.25) is 5.02 Å². The van der Waals surface area contributed by atoms with Crippen LogP contribution in [0, 0.1) is 0 Å². The number of benzene rings is 2. The summed E-state index contributed by atoms with van der Waals surface area (Å²) in [5, 5.41) is 9.39. The van der Waals surface area contributed by atoms with Gasteiger partial charge in [-0.2, -0.15) is 0 Å². The Labute approximate surface area is 162 Å². The summed E-state index contributed by atoms with van der Waals surface area (Å²) < 4.78 is 6.84. The first kappa shape index (κ1) is 18.0. The van der Waals surface area contributed by atoms with Crippen LogP contribution >= 0.6 is 39.3 Å². The van der Waals surface area contributed by atoms with Crippen molar-refractivity contribution in [3.63, 3.8) is 0 Å². The van der Waals surface area contributed by atoms with Gasteiger partial charge < -0.3 is 9.52 Å². The lowest BCUT2D eigenvalue weighted by Crippen LogP contribution is -2.10. The molecule has 0 aliphatic heterocycles. The highest BCUT2D eigenvalue weighted by Crippen LogP contribution is 2.37. The molecule has 25 heavy (non-hydrogen) atoms. The molecule has 1 unspecified atom stereocenters. The zero-order valence-electron chi connectivity index (χ0n) is 13.1. The number of rotatable bonds is 5. The van der Waals surface area contributed by atoms with Crippen LogP contribution in [-0.2, 0) is 4.79 Å². The second kappa shape index (κ2) is 7.64. The van der Waals surface area contributed by atoms with Gasteiger partial charge in [-0.3, -0.25) is 4.79 Å². The summed E-state index contributed by atoms with van der Waals surface area (Å²) in [6, 6.07) is 14.9. The molecule has 4 nitrogen and oxygen atoms in total. The lowest BCUT2D eigenvalue weighted by Gasteiger charge is -2.02. The summed E-state index contributed by atoms with van der Waals surface area (Å²) in [6.07, 6.45) is 0. The Bertz CT molecular complexity index is 831. The number of aliphatic carboxylic acids is 1. The normalized spacial score (nSPS) is 12.1. The van der Waals surface area contributed by atoms with Crippen LogP contribution in [0.1, 0.15) is 6.92 Å². The van der Waals surface area contributed by atoms with Crippen LogP contribution in [0.5, 0.6) is 0 Å². The number of carbonyl (C=O) groups is 1. The molecular weight excluding hydrogens is 426 g/mol. The van der Waals surface area contributed by atoms with E-state index in [1.54, 1.807) is 19.1 Å². The number of halogens is 2. The van der Waals surface area contributed by atoms with E-state index in [1.807, 2.05) is 36.4 Å². The van der Waals surface area contributed by atoms with Gasteiger partial charge in [0.15, 0.2) is 5.76 Å². The Hall–Kier alpha value is -1.76. The molecule has 0 fully saturated rings. The molecule has 0 spiro atoms. The van der Waals surface area contributed by atoms with E-state index in [-0.39, 0.29) is 0 Å². The Morgan fingerprint density at radius 3 is 2.36 bits per heavy atom. The van der Waals surface area contributed by atoms with Gasteiger partial charge in [-0.05, 0) is 31.2 Å². The van der Waals surface area contributed by atoms with Gasteiger partial charge in [0.05, 0.1) is 0 Å². The standard InChI is InChI=1S/C18H13BrClNO3S/c1-10(17(22)23)25-18-21-15(11-4-8-14(20)9-5-11)16(24-18)12-2-6-13(19)7-3-12/h2-10H,1H3,(H,22,23). The molecule has 1 heterocycles. The van der Waals surface area contributed by atoms with Gasteiger partial charge >= 0.3 is 5.97 Å². The number of nitrogens with zero attached hydrogens (tertiary/aromatic N) is 1. The second-order valence-electron chi connectivity index (χ2n) is 5.27. The van der Waals surface area contributed by atoms with Crippen LogP contribution in [0.3, 0.4) is 0 Å². The summed E-state index contributed by atoms with van der Waals surface area (Å²) in [5.74, 6) is -0.323. The Morgan fingerprint density at radius 1 is 1.16 bits per heavy atom. The lowest BCUT2D eigenvalue weighted by atomic mass is 10.1. The smallest absolute Gasteiger partial charge is 0.316 e. The van der Waals surface area contributed by atoms with Gasteiger partial charge in [-0.1, -0.05) is 63.6 Å². The van der Waals surface area contributed by atoms with E-state index in [0.717, 1.165) is 27.4 Å². The van der Waals surface area contributed by atoms with Crippen molar-refractivity contribution in [1.82, 2.24) is 4.98 Å². The molecule has 7 heteroatoms. The van der Waals surface area contributed by atoms with E-state index in [9.17, 15) is 4.79 Å². The van der Waals surface area contributed by atoms with Crippen molar-refractivity contribution in [3.8, 4) is 22.6 Å². The van der Waals surface area contributed by atoms with Crippen molar-refractivity contribution in [3.05, 3.63) is 58.0 Å². The van der Waals surface area contributed by atoms with Crippen molar-refractivity contribution in [2.45, 2.75) is 17.4 Å². The number of aromatic nitrogens is 1. The minimum absolute atomic E-state index is 0.317. The number of thioether (sulfide) groups is 1. The van der Waals surface area contributed by atoms with Gasteiger partial charge in [0, 0.05) is 20.6 Å². The maximum atomic E-state index is 11.1. The fourth-order valence-corrected chi connectivity index (χ4v) is 3.22. The van der Waals surface area contributed by atoms with E-state index in [0.29, 0.717) is 21.7 Å². The molecular formula is C18H13BrClNO3S. The van der Waals surface area contributed by atoms with Crippen molar-refractivity contribution < 1.29 is 14.3 Å². The van der Waals surface area contributed by atoms with E-state index in [4.69, 9.17) is 21.1 Å². The third kappa shape index (κ3) is 4.26. The molecule has 3 aromatic rings. The maximum Gasteiger partial charge on any atom is 0.316 e. The molecule has 0 bridgehead atoms. The van der Waals surface area contributed by atoms with Crippen molar-refractivity contribution in [2.75, 3.05) is 0 Å². The van der Waals surface area contributed by atoms with Crippen LogP contribution in [0.4, 0.5) is 0 Å². The predicted molar refractivity (Wildman–Crippen MR) is 103 cm³/mol. The Balaban J connectivity index is 2.07. The topological polar surface area (TPSA) is 63.3 Å². The van der Waals surface area contributed by atoms with Crippen LogP contribution in [0.15, 0.2) is 62.6 Å². The molecule has 1 atom stereocenters. The van der Waals surface area contributed by atoms with E-state index < -0.39 is 11.2 Å². The number of oxazole rings is 1. The summed E-state index contributed by atoms with van der Waals surface area (Å²) >= 11 is 10.4. The Kier molecular flexibility index (Phi) is 5.51. The summed E-state index contributed by atoms with van der Waals surface area (Å²) in [4.78, 5) is 15.6. The second-order valence-corrected chi connectivity index (χ2v) is 7.91. The molecule has 2 aromatic carbocycles. The van der Waals surface area contributed by atoms with E-state index in [1.165, 1.54) is 0 Å². The number of carboxylic acid groups (broad SMARTS) is 1. The first-order valence-electron chi connectivity index (χ1n) is 7.36. The average molecular weight is 439 g/mol. The molecule has 1 aromatic heterocycles. The van der Waals surface area contributed by atoms with Crippen LogP contribution < -0.4 is 0 Å². The highest BCUT2D eigenvalue weighted by atomic mass is 79.9. The lowest BCUT2D eigenvalue weighted by molar-refractivity contribution is -0.136. The molecule has 1 N–H and O–H groups in total. The third-order valence-corrected chi connectivity index (χ3v) is 5.17. The fourth-order valence-electron chi connectivity index (χ4n) is 2.15. The monoisotopic (exact) mass is 437 g/mol. The highest BCUT2D eigenvalue weighted by molar-refractivity contribution is 9.10. The minimum Gasteiger partial charge on any atom is -0.480 e. The van der Waals surface area contributed by atoms with Gasteiger partial charge in [0.25, 0.3) is 5.22 Å². The first-order chi connectivity index (χ1) is 11.9. The maximum absolute atomic E-state index is 11.1. The van der Waals surface area contributed by atoms with Crippen LogP contribution in [-0.4, -0.2) is 21.3 Å². The average Bonchev–Trinajstić information content (AvgIpc) is 3.00. The minimum atomic E-state index is -0.915. The van der Waals surface area contributed by atoms with Gasteiger partial charge in [0.2, 0.25) is 0 Å². The molecule has 128 valence electrons. The molecule has 0 aliphatic rings. The van der Waals surface area contributed by atoms with Crippen molar-refractivity contribution >= 4 is 45.3 Å². The fraction of sp³-hybridized carbons (Fsp3) is 0.111. The predicted octanol–water partition coefficient (Wildman–Crippen LogP) is 5.99. The molecule has 0 radical (unpaired) electrons. The zero-order chi connectivity index (χ0) is 18.0. The largest absolute Gasteiger partial charge is 0.480 e. The zero-order valence-corrected chi connectivity index (χ0v) is 16.2. The van der Waals surface area contributed by atoms with Gasteiger partial charge in [-0.25, -0.2) is 4.98 Å². The number of hydrogen-bond acceptors (Lipinski definition) is 4. The Morgan fingerprint density at radius 2 is 1.76 bits per heavy atom. The van der Waals surface area contributed by atoms with Crippen molar-refractivity contribution in [2.24, 2.45) is 0 Å². The molecule has 0 saturated heterocycles. The summed E-state index contributed by atoms with van der Waals surface area (Å²) in [5.41, 5.74) is 2.36. The molecule has 3 rings (SSSR count). The summed E-state index contributed by atoms with van der Waals surface area (Å²) in [6.45, 7) is 1.60. The molecule has 0 amide bonds. The number of carboxylic acids is 1.